The molecule has 2 aromatic rings. The third-order valence-corrected chi connectivity index (χ3v) is 2.43. The van der Waals surface area contributed by atoms with Crippen molar-refractivity contribution in [3.63, 3.8) is 0 Å². The summed E-state index contributed by atoms with van der Waals surface area (Å²) in [5.74, 6) is -0.660. The second-order valence-corrected chi connectivity index (χ2v) is 3.88. The highest BCUT2D eigenvalue weighted by molar-refractivity contribution is 6.30. The van der Waals surface area contributed by atoms with Crippen molar-refractivity contribution in [3.05, 3.63) is 47.1 Å². The van der Waals surface area contributed by atoms with Gasteiger partial charge in [-0.25, -0.2) is 9.78 Å². The number of nitrogens with two attached hydrogens (primary N) is 1. The zero-order chi connectivity index (χ0) is 13.1. The summed E-state index contributed by atoms with van der Waals surface area (Å²) >= 11 is 5.81. The summed E-state index contributed by atoms with van der Waals surface area (Å²) in [6.45, 7) is 0. The summed E-state index contributed by atoms with van der Waals surface area (Å²) in [5, 5.41) is 9.42. The third-order valence-electron chi connectivity index (χ3n) is 2.19. The average molecular weight is 265 g/mol. The molecule has 0 radical (unpaired) electrons. The number of aromatic carboxylic acids is 1. The van der Waals surface area contributed by atoms with Crippen LogP contribution in [0.2, 0.25) is 5.02 Å². The number of nitrogens with zero attached hydrogens (tertiary/aromatic N) is 1. The Balaban J connectivity index is 2.35. The van der Waals surface area contributed by atoms with Crippen molar-refractivity contribution in [2.45, 2.75) is 0 Å². The van der Waals surface area contributed by atoms with Crippen LogP contribution in [0.4, 0.5) is 5.69 Å². The van der Waals surface area contributed by atoms with Crippen LogP contribution in [0.25, 0.3) is 0 Å². The highest BCUT2D eigenvalue weighted by Crippen LogP contribution is 2.28. The molecule has 3 N–H and O–H groups in total. The van der Waals surface area contributed by atoms with Crippen LogP contribution >= 0.6 is 11.6 Å². The minimum Gasteiger partial charge on any atom is -0.478 e. The van der Waals surface area contributed by atoms with Crippen LogP contribution in [-0.4, -0.2) is 16.1 Å². The number of carboxylic acid groups (broad SMARTS) is 1. The molecule has 0 unspecified atom stereocenters. The molecule has 0 aliphatic rings. The van der Waals surface area contributed by atoms with E-state index in [0.29, 0.717) is 10.8 Å². The van der Waals surface area contributed by atoms with E-state index in [1.165, 1.54) is 12.3 Å². The lowest BCUT2D eigenvalue weighted by Crippen LogP contribution is -2.05. The molecule has 1 aromatic heterocycles. The number of aromatic nitrogens is 1. The van der Waals surface area contributed by atoms with Crippen molar-refractivity contribution in [3.8, 4) is 11.6 Å². The van der Waals surface area contributed by atoms with E-state index in [-0.39, 0.29) is 17.1 Å². The monoisotopic (exact) mass is 264 g/mol. The summed E-state index contributed by atoms with van der Waals surface area (Å²) in [5.41, 5.74) is 5.59. The van der Waals surface area contributed by atoms with E-state index < -0.39 is 5.97 Å². The molecule has 6 heteroatoms. The van der Waals surface area contributed by atoms with E-state index in [1.807, 2.05) is 0 Å². The summed E-state index contributed by atoms with van der Waals surface area (Å²) in [6, 6.07) is 7.95. The smallest absolute Gasteiger partial charge is 0.338 e. The fraction of sp³-hybridized carbons (Fsp3) is 0. The van der Waals surface area contributed by atoms with Gasteiger partial charge in [0.05, 0.1) is 5.56 Å². The van der Waals surface area contributed by atoms with Gasteiger partial charge in [0.15, 0.2) is 0 Å². The topological polar surface area (TPSA) is 85.4 Å². The van der Waals surface area contributed by atoms with Gasteiger partial charge in [0.25, 0.3) is 0 Å². The Labute approximate surface area is 108 Å². The number of anilines is 1. The molecule has 1 aromatic carbocycles. The number of nitrogen functional groups attached to an aromatic ring is 1. The van der Waals surface area contributed by atoms with Gasteiger partial charge in [-0.1, -0.05) is 17.7 Å². The van der Waals surface area contributed by atoms with Gasteiger partial charge in [0.2, 0.25) is 5.88 Å². The molecule has 18 heavy (non-hydrogen) atoms. The molecule has 0 atom stereocenters. The van der Waals surface area contributed by atoms with Gasteiger partial charge in [-0.2, -0.15) is 0 Å². The fourth-order valence-corrected chi connectivity index (χ4v) is 1.54. The molecular weight excluding hydrogens is 256 g/mol. The van der Waals surface area contributed by atoms with Crippen molar-refractivity contribution >= 4 is 23.3 Å². The predicted molar refractivity (Wildman–Crippen MR) is 67.1 cm³/mol. The summed E-state index contributed by atoms with van der Waals surface area (Å²) in [7, 11) is 0. The molecule has 0 aliphatic carbocycles. The summed E-state index contributed by atoms with van der Waals surface area (Å²) < 4.78 is 5.40. The van der Waals surface area contributed by atoms with Gasteiger partial charge in [-0.05, 0) is 24.3 Å². The molecule has 0 spiro atoms. The maximum absolute atomic E-state index is 10.9. The third kappa shape index (κ3) is 2.52. The average Bonchev–Trinajstić information content (AvgIpc) is 2.31. The van der Waals surface area contributed by atoms with Crippen LogP contribution in [0.15, 0.2) is 36.5 Å². The zero-order valence-corrected chi connectivity index (χ0v) is 9.89. The standard InChI is InChI=1S/C12H9ClN2O3/c13-7-2-1-3-8(6-7)18-11-10(14)9(12(16)17)4-5-15-11/h1-6H,14H2,(H,16,17). The van der Waals surface area contributed by atoms with Crippen molar-refractivity contribution in [2.75, 3.05) is 5.73 Å². The second-order valence-electron chi connectivity index (χ2n) is 3.44. The van der Waals surface area contributed by atoms with Crippen LogP contribution in [0, 0.1) is 0 Å². The highest BCUT2D eigenvalue weighted by atomic mass is 35.5. The Morgan fingerprint density at radius 3 is 2.83 bits per heavy atom. The lowest BCUT2D eigenvalue weighted by atomic mass is 10.2. The van der Waals surface area contributed by atoms with Gasteiger partial charge in [0.1, 0.15) is 11.4 Å². The van der Waals surface area contributed by atoms with Crippen molar-refractivity contribution in [1.82, 2.24) is 4.98 Å². The van der Waals surface area contributed by atoms with Gasteiger partial charge in [-0.15, -0.1) is 0 Å². The van der Waals surface area contributed by atoms with E-state index in [2.05, 4.69) is 4.98 Å². The summed E-state index contributed by atoms with van der Waals surface area (Å²) in [6.07, 6.45) is 1.32. The van der Waals surface area contributed by atoms with E-state index in [9.17, 15) is 4.79 Å². The minimum absolute atomic E-state index is 0.0232. The second kappa shape index (κ2) is 4.93. The summed E-state index contributed by atoms with van der Waals surface area (Å²) in [4.78, 5) is 14.8. The van der Waals surface area contributed by atoms with Crippen LogP contribution in [0.3, 0.4) is 0 Å². The normalized spacial score (nSPS) is 10.1. The van der Waals surface area contributed by atoms with Crippen LogP contribution in [-0.2, 0) is 0 Å². The van der Waals surface area contributed by atoms with Gasteiger partial charge < -0.3 is 15.6 Å². The van der Waals surface area contributed by atoms with Crippen molar-refractivity contribution in [1.29, 1.82) is 0 Å². The van der Waals surface area contributed by atoms with E-state index in [0.717, 1.165) is 0 Å². The van der Waals surface area contributed by atoms with Crippen LogP contribution in [0.5, 0.6) is 11.6 Å². The first-order valence-electron chi connectivity index (χ1n) is 4.99. The Morgan fingerprint density at radius 2 is 2.17 bits per heavy atom. The number of carboxylic acids is 1. The molecule has 2 rings (SSSR count). The quantitative estimate of drug-likeness (QED) is 0.890. The largest absolute Gasteiger partial charge is 0.478 e. The molecule has 0 bridgehead atoms. The maximum Gasteiger partial charge on any atom is 0.338 e. The number of carbonyl (C=O) groups is 1. The molecule has 1 heterocycles. The molecule has 0 saturated heterocycles. The van der Waals surface area contributed by atoms with Crippen molar-refractivity contribution < 1.29 is 14.6 Å². The van der Waals surface area contributed by atoms with E-state index >= 15 is 0 Å². The van der Waals surface area contributed by atoms with Gasteiger partial charge >= 0.3 is 5.97 Å². The first kappa shape index (κ1) is 12.2. The number of halogens is 1. The Kier molecular flexibility index (Phi) is 3.34. The molecule has 0 fully saturated rings. The van der Waals surface area contributed by atoms with Crippen molar-refractivity contribution in [2.24, 2.45) is 0 Å². The Morgan fingerprint density at radius 1 is 1.39 bits per heavy atom. The number of pyridine rings is 1. The molecule has 92 valence electrons. The molecule has 5 nitrogen and oxygen atoms in total. The first-order chi connectivity index (χ1) is 8.58. The number of ether oxygens (including phenoxy) is 1. The minimum atomic E-state index is -1.13. The van der Waals surface area contributed by atoms with E-state index in [4.69, 9.17) is 27.2 Å². The first-order valence-corrected chi connectivity index (χ1v) is 5.37. The van der Waals surface area contributed by atoms with Crippen LogP contribution < -0.4 is 10.5 Å². The highest BCUT2D eigenvalue weighted by Gasteiger charge is 2.13. The number of rotatable bonds is 3. The molecule has 0 saturated carbocycles. The molecule has 0 aliphatic heterocycles. The van der Waals surface area contributed by atoms with Crippen LogP contribution in [0.1, 0.15) is 10.4 Å². The molecule has 0 amide bonds. The predicted octanol–water partition coefficient (Wildman–Crippen LogP) is 2.81. The van der Waals surface area contributed by atoms with Gasteiger partial charge in [-0.3, -0.25) is 0 Å². The Bertz CT molecular complexity index is 602. The SMILES string of the molecule is Nc1c(C(=O)O)ccnc1Oc1cccc(Cl)c1. The zero-order valence-electron chi connectivity index (χ0n) is 9.13. The van der Waals surface area contributed by atoms with E-state index in [1.54, 1.807) is 24.3 Å². The number of benzene rings is 1. The fourth-order valence-electron chi connectivity index (χ4n) is 1.36. The maximum atomic E-state index is 10.9. The number of hydrogen-bond acceptors (Lipinski definition) is 4. The Hall–Kier alpha value is -2.27. The lowest BCUT2D eigenvalue weighted by Gasteiger charge is -2.08. The van der Waals surface area contributed by atoms with Gasteiger partial charge in [0, 0.05) is 11.2 Å². The molecular formula is C12H9ClN2O3. The lowest BCUT2D eigenvalue weighted by molar-refractivity contribution is 0.0697. The number of hydrogen-bond donors (Lipinski definition) is 2.